The summed E-state index contributed by atoms with van der Waals surface area (Å²) >= 11 is 8.51. The zero-order chi connectivity index (χ0) is 10.2. The summed E-state index contributed by atoms with van der Waals surface area (Å²) in [5.41, 5.74) is 0. The van der Waals surface area contributed by atoms with Crippen LogP contribution >= 0.6 is 23.2 Å². The van der Waals surface area contributed by atoms with Crippen LogP contribution in [0.25, 0.3) is 0 Å². The van der Waals surface area contributed by atoms with Crippen molar-refractivity contribution >= 4 is 23.2 Å². The Hall–Kier alpha value is -0.100. The first-order valence-corrected chi connectivity index (χ1v) is 3.02. The number of hydrogen-bond acceptors (Lipinski definition) is 0. The Kier molecular flexibility index (Phi) is 3.31. The number of hydrogen-bond donors (Lipinski definition) is 0. The molecule has 0 saturated carbocycles. The molecular weight excluding hydrogens is 233 g/mol. The van der Waals surface area contributed by atoms with E-state index < -0.39 is 22.4 Å². The molecule has 0 bridgehead atoms. The van der Waals surface area contributed by atoms with E-state index in [-0.39, 0.29) is 0 Å². The Morgan fingerprint density at radius 3 is 1.33 bits per heavy atom. The molecule has 0 N–H and O–H groups in total. The molecule has 0 aromatic rings. The first-order valence-electron chi connectivity index (χ1n) is 2.26. The van der Waals surface area contributed by atoms with Crippen molar-refractivity contribution in [2.75, 3.05) is 0 Å². The van der Waals surface area contributed by atoms with E-state index in [0.29, 0.717) is 0 Å². The van der Waals surface area contributed by atoms with E-state index in [1.807, 2.05) is 0 Å². The average molecular weight is 233 g/mol. The van der Waals surface area contributed by atoms with Crippen LogP contribution in [0.15, 0.2) is 10.3 Å². The molecule has 12 heavy (non-hydrogen) atoms. The Balaban J connectivity index is 5.01. The fraction of sp³-hybridized carbons (Fsp3) is 0.500. The predicted molar refractivity (Wildman–Crippen MR) is 30.8 cm³/mol. The highest BCUT2D eigenvalue weighted by atomic mass is 35.5. The predicted octanol–water partition coefficient (Wildman–Crippen LogP) is 3.80. The minimum absolute atomic E-state index is 2.28. The van der Waals surface area contributed by atoms with E-state index in [1.54, 1.807) is 0 Å². The molecule has 0 heterocycles. The van der Waals surface area contributed by atoms with Gasteiger partial charge in [0, 0.05) is 0 Å². The summed E-state index contributed by atoms with van der Waals surface area (Å²) in [5, 5.41) is -4.64. The molecule has 8 heteroatoms. The van der Waals surface area contributed by atoms with Gasteiger partial charge in [0.2, 0.25) is 5.29 Å². The molecule has 0 fully saturated rings. The maximum absolute atomic E-state index is 11.9. The molecule has 0 aliphatic heterocycles. The summed E-state index contributed by atoms with van der Waals surface area (Å²) < 4.78 is 69.6. The highest BCUT2D eigenvalue weighted by Crippen LogP contribution is 2.44. The Morgan fingerprint density at radius 2 is 1.25 bits per heavy atom. The maximum Gasteiger partial charge on any atom is 0.459 e. The van der Waals surface area contributed by atoms with Gasteiger partial charge in [0.1, 0.15) is 5.03 Å². The van der Waals surface area contributed by atoms with E-state index in [2.05, 4.69) is 23.2 Å². The zero-order valence-corrected chi connectivity index (χ0v) is 6.54. The molecule has 0 saturated heterocycles. The quantitative estimate of drug-likeness (QED) is 0.604. The molecule has 0 aliphatic carbocycles. The molecule has 72 valence electrons. The lowest BCUT2D eigenvalue weighted by Gasteiger charge is -2.17. The van der Waals surface area contributed by atoms with Crippen molar-refractivity contribution in [3.63, 3.8) is 0 Å². The lowest BCUT2D eigenvalue weighted by atomic mass is 10.3. The van der Waals surface area contributed by atoms with E-state index in [4.69, 9.17) is 0 Å². The average Bonchev–Trinajstić information content (AvgIpc) is 1.83. The molecule has 0 rings (SSSR count). The van der Waals surface area contributed by atoms with Crippen molar-refractivity contribution < 1.29 is 26.3 Å². The number of rotatable bonds is 1. The van der Waals surface area contributed by atoms with Gasteiger partial charge in [-0.2, -0.15) is 26.3 Å². The van der Waals surface area contributed by atoms with Crippen LogP contribution in [0.5, 0.6) is 0 Å². The molecule has 0 spiro atoms. The van der Waals surface area contributed by atoms with Gasteiger partial charge in [0.05, 0.1) is 0 Å². The number of halogens is 8. The third-order valence-corrected chi connectivity index (χ3v) is 1.49. The van der Waals surface area contributed by atoms with Gasteiger partial charge in [-0.1, -0.05) is 11.6 Å². The number of alkyl halides is 5. The minimum Gasteiger partial charge on any atom is -0.192 e. The van der Waals surface area contributed by atoms with Crippen molar-refractivity contribution in [3.8, 4) is 0 Å². The normalized spacial score (nSPS) is 16.0. The van der Waals surface area contributed by atoms with Crippen molar-refractivity contribution in [2.45, 2.75) is 12.1 Å². The van der Waals surface area contributed by atoms with Crippen LogP contribution in [0.2, 0.25) is 0 Å². The van der Waals surface area contributed by atoms with Crippen molar-refractivity contribution in [3.05, 3.63) is 10.3 Å². The molecule has 0 atom stereocenters. The van der Waals surface area contributed by atoms with Gasteiger partial charge in [-0.25, -0.2) is 0 Å². The van der Waals surface area contributed by atoms with E-state index in [1.165, 1.54) is 0 Å². The number of allylic oxidation sites excluding steroid dienone is 1. The van der Waals surface area contributed by atoms with Gasteiger partial charge in [-0.3, -0.25) is 0 Å². The molecule has 0 nitrogen and oxygen atoms in total. The molecule has 0 radical (unpaired) electrons. The van der Waals surface area contributed by atoms with Gasteiger partial charge in [0.15, 0.2) is 0 Å². The second-order valence-corrected chi connectivity index (χ2v) is 2.36. The van der Waals surface area contributed by atoms with E-state index >= 15 is 0 Å². The Bertz CT molecular complexity index is 200. The van der Waals surface area contributed by atoms with Crippen LogP contribution in [0.3, 0.4) is 0 Å². The van der Waals surface area contributed by atoms with Crippen LogP contribution in [0.1, 0.15) is 0 Å². The van der Waals surface area contributed by atoms with Gasteiger partial charge < -0.3 is 0 Å². The smallest absolute Gasteiger partial charge is 0.192 e. The lowest BCUT2D eigenvalue weighted by molar-refractivity contribution is -0.261. The summed E-state index contributed by atoms with van der Waals surface area (Å²) in [5.74, 6) is -5.44. The van der Waals surface area contributed by atoms with Crippen LogP contribution in [-0.4, -0.2) is 12.1 Å². The van der Waals surface area contributed by atoms with Gasteiger partial charge in [-0.15, -0.1) is 0 Å². The topological polar surface area (TPSA) is 0 Å². The zero-order valence-electron chi connectivity index (χ0n) is 5.02. The third-order valence-electron chi connectivity index (χ3n) is 0.798. The summed E-state index contributed by atoms with van der Waals surface area (Å²) in [6.07, 6.45) is -5.95. The van der Waals surface area contributed by atoms with Crippen molar-refractivity contribution in [2.24, 2.45) is 0 Å². The van der Waals surface area contributed by atoms with E-state index in [0.717, 1.165) is 0 Å². The Morgan fingerprint density at radius 1 is 0.917 bits per heavy atom. The highest BCUT2D eigenvalue weighted by Gasteiger charge is 2.61. The molecule has 0 aromatic heterocycles. The van der Waals surface area contributed by atoms with Gasteiger partial charge >= 0.3 is 12.1 Å². The van der Waals surface area contributed by atoms with Gasteiger partial charge in [0.25, 0.3) is 0 Å². The first kappa shape index (κ1) is 11.9. The largest absolute Gasteiger partial charge is 0.459 e. The lowest BCUT2D eigenvalue weighted by Crippen LogP contribution is -2.36. The molecule has 0 amide bonds. The monoisotopic (exact) mass is 232 g/mol. The first-order chi connectivity index (χ1) is 5.10. The van der Waals surface area contributed by atoms with Gasteiger partial charge in [-0.05, 0) is 11.6 Å². The standard InChI is InChI=1S/C4Cl2F6/c5-1(2(6)7)3(8,9)4(10,11)12. The molecule has 0 aliphatic rings. The summed E-state index contributed by atoms with van der Waals surface area (Å²) in [6.45, 7) is 0. The molecular formula is C4Cl2F6. The minimum atomic E-state index is -5.95. The fourth-order valence-corrected chi connectivity index (χ4v) is 0.469. The van der Waals surface area contributed by atoms with Crippen molar-refractivity contribution in [1.82, 2.24) is 0 Å². The summed E-state index contributed by atoms with van der Waals surface area (Å²) in [6, 6.07) is 0. The second kappa shape index (κ2) is 3.33. The fourth-order valence-electron chi connectivity index (χ4n) is 0.243. The highest BCUT2D eigenvalue weighted by molar-refractivity contribution is 6.38. The second-order valence-electron chi connectivity index (χ2n) is 1.65. The van der Waals surface area contributed by atoms with Crippen LogP contribution < -0.4 is 0 Å². The third kappa shape index (κ3) is 2.20. The summed E-state index contributed by atoms with van der Waals surface area (Å²) in [7, 11) is 0. The van der Waals surface area contributed by atoms with E-state index in [9.17, 15) is 26.3 Å². The Labute approximate surface area is 72.7 Å². The summed E-state index contributed by atoms with van der Waals surface area (Å²) in [4.78, 5) is 0. The van der Waals surface area contributed by atoms with Crippen LogP contribution in [0.4, 0.5) is 26.3 Å². The molecule has 0 unspecified atom stereocenters. The van der Waals surface area contributed by atoms with Crippen LogP contribution in [-0.2, 0) is 0 Å². The van der Waals surface area contributed by atoms with Crippen LogP contribution in [0, 0.1) is 0 Å². The maximum atomic E-state index is 11.9. The molecule has 0 aromatic carbocycles. The van der Waals surface area contributed by atoms with Crippen molar-refractivity contribution in [1.29, 1.82) is 0 Å². The SMILES string of the molecule is FC(Cl)=C(Cl)C(F)(F)C(F)(F)F.